The molecule has 17 heavy (non-hydrogen) atoms. The number of carbonyl (C=O) groups is 2. The first-order valence-electron chi connectivity index (χ1n) is 4.73. The lowest BCUT2D eigenvalue weighted by atomic mass is 10.3. The number of benzene rings is 1. The van der Waals surface area contributed by atoms with Crippen LogP contribution in [0.2, 0.25) is 0 Å². The number of hydrogen-bond donors (Lipinski definition) is 2. The quantitative estimate of drug-likeness (QED) is 0.813. The van der Waals surface area contributed by atoms with Crippen molar-refractivity contribution in [1.29, 1.82) is 0 Å². The van der Waals surface area contributed by atoms with Crippen molar-refractivity contribution in [3.05, 3.63) is 36.4 Å². The van der Waals surface area contributed by atoms with Crippen LogP contribution in [0, 0.1) is 0 Å². The van der Waals surface area contributed by atoms with Crippen molar-refractivity contribution in [2.24, 2.45) is 0 Å². The number of para-hydroxylation sites is 1. The molecule has 1 amide bonds. The number of carboxylic acid groups (broad SMARTS) is 1. The fourth-order valence-electron chi connectivity index (χ4n) is 1.22. The molecule has 86 valence electrons. The van der Waals surface area contributed by atoms with Crippen LogP contribution in [0.5, 0.6) is 0 Å². The molecular formula is C11H8N2O3S. The third-order valence-corrected chi connectivity index (χ3v) is 2.85. The van der Waals surface area contributed by atoms with Crippen molar-refractivity contribution in [3.8, 4) is 0 Å². The normalized spacial score (nSPS) is 10.8. The highest BCUT2D eigenvalue weighted by Crippen LogP contribution is 2.25. The summed E-state index contributed by atoms with van der Waals surface area (Å²) in [4.78, 5) is 25.7. The molecule has 2 rings (SSSR count). The summed E-state index contributed by atoms with van der Waals surface area (Å²) in [7, 11) is 0. The molecule has 2 N–H and O–H groups in total. The molecule has 0 saturated carbocycles. The number of nitrogens with zero attached hydrogens (tertiary/aromatic N) is 1. The van der Waals surface area contributed by atoms with Gasteiger partial charge in [-0.25, -0.2) is 9.78 Å². The predicted molar refractivity (Wildman–Crippen MR) is 65.0 cm³/mol. The fraction of sp³-hybridized carbons (Fsp3) is 0. The maximum Gasteiger partial charge on any atom is 0.328 e. The van der Waals surface area contributed by atoms with Gasteiger partial charge in [0.15, 0.2) is 5.13 Å². The predicted octanol–water partition coefficient (Wildman–Crippen LogP) is 1.88. The number of aliphatic carboxylic acids is 1. The summed E-state index contributed by atoms with van der Waals surface area (Å²) in [6.07, 6.45) is 1.73. The summed E-state index contributed by atoms with van der Waals surface area (Å²) < 4.78 is 0.963. The third-order valence-electron chi connectivity index (χ3n) is 1.90. The highest BCUT2D eigenvalue weighted by molar-refractivity contribution is 7.22. The first-order valence-corrected chi connectivity index (χ1v) is 5.54. The van der Waals surface area contributed by atoms with Crippen LogP contribution in [0.4, 0.5) is 5.13 Å². The summed E-state index contributed by atoms with van der Waals surface area (Å²) >= 11 is 1.34. The van der Waals surface area contributed by atoms with Gasteiger partial charge in [-0.3, -0.25) is 10.1 Å². The maximum absolute atomic E-state index is 11.3. The van der Waals surface area contributed by atoms with E-state index in [1.807, 2.05) is 24.3 Å². The van der Waals surface area contributed by atoms with E-state index in [0.29, 0.717) is 5.13 Å². The summed E-state index contributed by atoms with van der Waals surface area (Å²) in [5, 5.41) is 11.3. The lowest BCUT2D eigenvalue weighted by molar-refractivity contribution is -0.131. The van der Waals surface area contributed by atoms with E-state index in [4.69, 9.17) is 5.11 Å². The molecule has 6 heteroatoms. The molecule has 0 saturated heterocycles. The number of rotatable bonds is 3. The lowest BCUT2D eigenvalue weighted by Crippen LogP contribution is -2.08. The standard InChI is InChI=1S/C11H8N2O3S/c14-9(5-6-10(15)16)13-11-12-7-3-1-2-4-8(7)17-11/h1-6H,(H,15,16)(H,12,13,14). The Labute approximate surface area is 100 Å². The zero-order chi connectivity index (χ0) is 12.3. The summed E-state index contributed by atoms with van der Waals surface area (Å²) in [6, 6.07) is 7.48. The highest BCUT2D eigenvalue weighted by Gasteiger charge is 2.05. The maximum atomic E-state index is 11.3. The van der Waals surface area contributed by atoms with Crippen LogP contribution < -0.4 is 5.32 Å². The average Bonchev–Trinajstić information content (AvgIpc) is 2.68. The number of anilines is 1. The second kappa shape index (κ2) is 4.75. The topological polar surface area (TPSA) is 79.3 Å². The number of hydrogen-bond acceptors (Lipinski definition) is 4. The fourth-order valence-corrected chi connectivity index (χ4v) is 2.09. The molecule has 0 aliphatic rings. The van der Waals surface area contributed by atoms with Crippen molar-refractivity contribution >= 4 is 38.6 Å². The Hall–Kier alpha value is -2.21. The Morgan fingerprint density at radius 2 is 2.06 bits per heavy atom. The molecule has 0 bridgehead atoms. The average molecular weight is 248 g/mol. The zero-order valence-electron chi connectivity index (χ0n) is 8.58. The van der Waals surface area contributed by atoms with Crippen LogP contribution >= 0.6 is 11.3 Å². The van der Waals surface area contributed by atoms with Crippen LogP contribution in [0.3, 0.4) is 0 Å². The van der Waals surface area contributed by atoms with Gasteiger partial charge in [0.1, 0.15) is 0 Å². The third kappa shape index (κ3) is 2.88. The monoisotopic (exact) mass is 248 g/mol. The van der Waals surface area contributed by atoms with Gasteiger partial charge in [0.25, 0.3) is 0 Å². The number of aromatic nitrogens is 1. The molecule has 0 spiro atoms. The van der Waals surface area contributed by atoms with Crippen molar-refractivity contribution in [1.82, 2.24) is 4.98 Å². The number of carboxylic acids is 1. The van der Waals surface area contributed by atoms with E-state index in [9.17, 15) is 9.59 Å². The van der Waals surface area contributed by atoms with Crippen molar-refractivity contribution in [3.63, 3.8) is 0 Å². The molecule has 1 aromatic carbocycles. The summed E-state index contributed by atoms with van der Waals surface area (Å²) in [5.41, 5.74) is 0.801. The molecule has 0 radical (unpaired) electrons. The molecule has 1 aromatic heterocycles. The van der Waals surface area contributed by atoms with Crippen LogP contribution in [-0.4, -0.2) is 22.0 Å². The van der Waals surface area contributed by atoms with Crippen molar-refractivity contribution < 1.29 is 14.7 Å². The summed E-state index contributed by atoms with van der Waals surface area (Å²) in [5.74, 6) is -1.67. The number of nitrogens with one attached hydrogen (secondary N) is 1. The second-order valence-electron chi connectivity index (χ2n) is 3.15. The molecule has 2 aromatic rings. The number of thiazole rings is 1. The molecular weight excluding hydrogens is 240 g/mol. The van der Waals surface area contributed by atoms with Gasteiger partial charge in [-0.05, 0) is 12.1 Å². The SMILES string of the molecule is O=C(O)C=CC(=O)Nc1nc2ccccc2s1. The minimum atomic E-state index is -1.16. The van der Waals surface area contributed by atoms with E-state index >= 15 is 0 Å². The van der Waals surface area contributed by atoms with Gasteiger partial charge in [0.2, 0.25) is 5.91 Å². The lowest BCUT2D eigenvalue weighted by Gasteiger charge is -1.93. The van der Waals surface area contributed by atoms with Crippen LogP contribution in [0.1, 0.15) is 0 Å². The van der Waals surface area contributed by atoms with E-state index in [1.165, 1.54) is 11.3 Å². The van der Waals surface area contributed by atoms with Crippen LogP contribution in [0.15, 0.2) is 36.4 Å². The Kier molecular flexibility index (Phi) is 3.15. The number of carbonyl (C=O) groups excluding carboxylic acids is 1. The van der Waals surface area contributed by atoms with Gasteiger partial charge in [-0.1, -0.05) is 23.5 Å². The highest BCUT2D eigenvalue weighted by atomic mass is 32.1. The van der Waals surface area contributed by atoms with Gasteiger partial charge in [0, 0.05) is 12.2 Å². The second-order valence-corrected chi connectivity index (χ2v) is 4.18. The minimum absolute atomic E-state index is 0.450. The van der Waals surface area contributed by atoms with Crippen molar-refractivity contribution in [2.75, 3.05) is 5.32 Å². The van der Waals surface area contributed by atoms with Gasteiger partial charge in [-0.15, -0.1) is 0 Å². The van der Waals surface area contributed by atoms with E-state index in [0.717, 1.165) is 22.4 Å². The van der Waals surface area contributed by atoms with Gasteiger partial charge >= 0.3 is 5.97 Å². The molecule has 5 nitrogen and oxygen atoms in total. The Balaban J connectivity index is 2.13. The first kappa shape index (κ1) is 11.3. The molecule has 1 heterocycles. The number of fused-ring (bicyclic) bond motifs is 1. The molecule has 0 fully saturated rings. The largest absolute Gasteiger partial charge is 0.478 e. The molecule has 0 unspecified atom stereocenters. The van der Waals surface area contributed by atoms with E-state index in [1.54, 1.807) is 0 Å². The van der Waals surface area contributed by atoms with Gasteiger partial charge in [-0.2, -0.15) is 0 Å². The molecule has 0 aliphatic heterocycles. The van der Waals surface area contributed by atoms with E-state index in [-0.39, 0.29) is 0 Å². The minimum Gasteiger partial charge on any atom is -0.478 e. The summed E-state index contributed by atoms with van der Waals surface area (Å²) in [6.45, 7) is 0. The molecule has 0 atom stereocenters. The molecule has 0 aliphatic carbocycles. The Morgan fingerprint density at radius 1 is 1.29 bits per heavy atom. The number of amides is 1. The first-order chi connectivity index (χ1) is 8.15. The van der Waals surface area contributed by atoms with Gasteiger partial charge in [0.05, 0.1) is 10.2 Å². The Morgan fingerprint density at radius 3 is 2.76 bits per heavy atom. The zero-order valence-corrected chi connectivity index (χ0v) is 9.40. The smallest absolute Gasteiger partial charge is 0.328 e. The van der Waals surface area contributed by atoms with Crippen molar-refractivity contribution in [2.45, 2.75) is 0 Å². The van der Waals surface area contributed by atoms with E-state index < -0.39 is 11.9 Å². The van der Waals surface area contributed by atoms with E-state index in [2.05, 4.69) is 10.3 Å². The van der Waals surface area contributed by atoms with Gasteiger partial charge < -0.3 is 5.11 Å². The Bertz CT molecular complexity index is 571. The van der Waals surface area contributed by atoms with Crippen LogP contribution in [0.25, 0.3) is 10.2 Å². The van der Waals surface area contributed by atoms with Crippen LogP contribution in [-0.2, 0) is 9.59 Å².